The van der Waals surface area contributed by atoms with E-state index in [1.165, 1.54) is 0 Å². The number of amides is 1. The molecule has 0 spiro atoms. The molecule has 0 radical (unpaired) electrons. The second-order valence-electron chi connectivity index (χ2n) is 7.66. The van der Waals surface area contributed by atoms with Gasteiger partial charge in [-0.25, -0.2) is 0 Å². The van der Waals surface area contributed by atoms with Crippen molar-refractivity contribution in [3.63, 3.8) is 0 Å². The van der Waals surface area contributed by atoms with Gasteiger partial charge in [-0.15, -0.1) is 10.2 Å². The predicted octanol–water partition coefficient (Wildman–Crippen LogP) is 4.58. The highest BCUT2D eigenvalue weighted by Gasteiger charge is 2.27. The molecule has 1 aliphatic heterocycles. The Morgan fingerprint density at radius 1 is 1.00 bits per heavy atom. The van der Waals surface area contributed by atoms with E-state index < -0.39 is 6.10 Å². The number of anilines is 1. The molecule has 172 valence electrons. The molecule has 0 aliphatic carbocycles. The van der Waals surface area contributed by atoms with E-state index in [-0.39, 0.29) is 5.91 Å². The third-order valence-electron chi connectivity index (χ3n) is 5.48. The summed E-state index contributed by atoms with van der Waals surface area (Å²) in [5, 5.41) is 9.66. The second-order valence-corrected chi connectivity index (χ2v) is 8.50. The number of ether oxygens (including phenoxy) is 2. The largest absolute Gasteiger partial charge is 0.497 e. The minimum atomic E-state index is -0.655. The van der Waals surface area contributed by atoms with Gasteiger partial charge >= 0.3 is 0 Å². The second kappa shape index (κ2) is 10.3. The number of piperazine rings is 1. The van der Waals surface area contributed by atoms with E-state index in [0.717, 1.165) is 22.8 Å². The summed E-state index contributed by atoms with van der Waals surface area (Å²) in [6, 6.07) is 16.5. The first-order valence-electron chi connectivity index (χ1n) is 10.6. The van der Waals surface area contributed by atoms with E-state index in [1.807, 2.05) is 36.4 Å². The van der Waals surface area contributed by atoms with Crippen LogP contribution >= 0.6 is 23.2 Å². The lowest BCUT2D eigenvalue weighted by Crippen LogP contribution is -2.52. The summed E-state index contributed by atoms with van der Waals surface area (Å²) < 4.78 is 11.0. The van der Waals surface area contributed by atoms with Crippen molar-refractivity contribution in [2.75, 3.05) is 38.2 Å². The minimum absolute atomic E-state index is 0.0832. The third kappa shape index (κ3) is 5.49. The van der Waals surface area contributed by atoms with Crippen molar-refractivity contribution in [2.24, 2.45) is 0 Å². The average molecular weight is 487 g/mol. The van der Waals surface area contributed by atoms with Gasteiger partial charge in [-0.3, -0.25) is 4.79 Å². The molecule has 2 heterocycles. The van der Waals surface area contributed by atoms with Crippen LogP contribution in [0.4, 0.5) is 5.82 Å². The van der Waals surface area contributed by atoms with Gasteiger partial charge in [0.05, 0.1) is 17.8 Å². The summed E-state index contributed by atoms with van der Waals surface area (Å²) >= 11 is 12.1. The van der Waals surface area contributed by atoms with Crippen LogP contribution < -0.4 is 14.4 Å². The number of methoxy groups -OCH3 is 1. The smallest absolute Gasteiger partial charge is 0.263 e. The van der Waals surface area contributed by atoms with Crippen molar-refractivity contribution >= 4 is 34.9 Å². The molecule has 1 amide bonds. The van der Waals surface area contributed by atoms with Crippen molar-refractivity contribution < 1.29 is 14.3 Å². The molecule has 1 atom stereocenters. The van der Waals surface area contributed by atoms with Crippen LogP contribution in [0.5, 0.6) is 11.5 Å². The highest BCUT2D eigenvalue weighted by molar-refractivity contribution is 6.35. The average Bonchev–Trinajstić information content (AvgIpc) is 2.85. The summed E-state index contributed by atoms with van der Waals surface area (Å²) in [6.07, 6.45) is -0.655. The van der Waals surface area contributed by atoms with E-state index in [2.05, 4.69) is 15.1 Å². The van der Waals surface area contributed by atoms with Crippen LogP contribution in [-0.2, 0) is 4.79 Å². The van der Waals surface area contributed by atoms with Gasteiger partial charge < -0.3 is 19.3 Å². The Morgan fingerprint density at radius 3 is 2.45 bits per heavy atom. The Balaban J connectivity index is 1.33. The first-order valence-corrected chi connectivity index (χ1v) is 11.3. The number of halogens is 2. The Labute approximate surface area is 202 Å². The molecule has 1 aliphatic rings. The van der Waals surface area contributed by atoms with E-state index in [1.54, 1.807) is 37.1 Å². The Bertz CT molecular complexity index is 1120. The van der Waals surface area contributed by atoms with Crippen LogP contribution in [0.25, 0.3) is 11.3 Å². The molecule has 3 aromatic rings. The number of carbonyl (C=O) groups excluding carboxylic acids is 1. The van der Waals surface area contributed by atoms with Crippen molar-refractivity contribution in [1.82, 2.24) is 15.1 Å². The van der Waals surface area contributed by atoms with Crippen LogP contribution in [0.15, 0.2) is 54.6 Å². The summed E-state index contributed by atoms with van der Waals surface area (Å²) in [5.74, 6) is 1.91. The molecule has 0 N–H and O–H groups in total. The Kier molecular flexibility index (Phi) is 7.20. The third-order valence-corrected chi connectivity index (χ3v) is 6.01. The highest BCUT2D eigenvalue weighted by atomic mass is 35.5. The topological polar surface area (TPSA) is 67.8 Å². The number of carbonyl (C=O) groups is 1. The Morgan fingerprint density at radius 2 is 1.79 bits per heavy atom. The summed E-state index contributed by atoms with van der Waals surface area (Å²) in [4.78, 5) is 16.8. The van der Waals surface area contributed by atoms with Gasteiger partial charge in [0.25, 0.3) is 5.91 Å². The van der Waals surface area contributed by atoms with Crippen molar-refractivity contribution in [1.29, 1.82) is 0 Å². The first-order chi connectivity index (χ1) is 15.9. The fraction of sp³-hybridized carbons (Fsp3) is 0.292. The van der Waals surface area contributed by atoms with Crippen molar-refractivity contribution in [3.05, 3.63) is 64.6 Å². The van der Waals surface area contributed by atoms with E-state index >= 15 is 0 Å². The lowest BCUT2D eigenvalue weighted by Gasteiger charge is -2.36. The standard InChI is InChI=1S/C24H24Cl2N4O3/c1-16(33-22-8-6-18(25)15-20(22)26)24(31)30-12-10-29(11-13-30)23-9-7-21(27-28-23)17-4-3-5-19(14-17)32-2/h3-9,14-16H,10-13H2,1-2H3. The number of hydrogen-bond donors (Lipinski definition) is 0. The number of hydrogen-bond acceptors (Lipinski definition) is 6. The summed E-state index contributed by atoms with van der Waals surface area (Å²) in [5.41, 5.74) is 1.72. The molecule has 4 rings (SSSR count). The molecule has 0 bridgehead atoms. The highest BCUT2D eigenvalue weighted by Crippen LogP contribution is 2.29. The molecule has 2 aromatic carbocycles. The maximum absolute atomic E-state index is 12.9. The maximum Gasteiger partial charge on any atom is 0.263 e. The van der Waals surface area contributed by atoms with Gasteiger partial charge in [-0.05, 0) is 49.4 Å². The van der Waals surface area contributed by atoms with Crippen molar-refractivity contribution in [3.8, 4) is 22.8 Å². The van der Waals surface area contributed by atoms with Crippen LogP contribution in [0.1, 0.15) is 6.92 Å². The molecule has 1 fully saturated rings. The van der Waals surface area contributed by atoms with E-state index in [0.29, 0.717) is 42.0 Å². The molecule has 1 aromatic heterocycles. The molecule has 33 heavy (non-hydrogen) atoms. The number of aromatic nitrogens is 2. The molecule has 1 saturated heterocycles. The summed E-state index contributed by atoms with van der Waals surface area (Å²) in [7, 11) is 1.64. The number of nitrogens with zero attached hydrogens (tertiary/aromatic N) is 4. The molecule has 0 saturated carbocycles. The van der Waals surface area contributed by atoms with Crippen molar-refractivity contribution in [2.45, 2.75) is 13.0 Å². The number of rotatable bonds is 6. The zero-order chi connectivity index (χ0) is 23.4. The maximum atomic E-state index is 12.9. The zero-order valence-corrected chi connectivity index (χ0v) is 19.9. The predicted molar refractivity (Wildman–Crippen MR) is 129 cm³/mol. The van der Waals surface area contributed by atoms with Gasteiger partial charge in [0, 0.05) is 36.8 Å². The van der Waals surface area contributed by atoms with Crippen LogP contribution in [0.2, 0.25) is 10.0 Å². The molecule has 9 heteroatoms. The number of benzene rings is 2. The monoisotopic (exact) mass is 486 g/mol. The molecule has 1 unspecified atom stereocenters. The molecule has 7 nitrogen and oxygen atoms in total. The lowest BCUT2D eigenvalue weighted by molar-refractivity contribution is -0.138. The Hall–Kier alpha value is -3.03. The normalized spacial score (nSPS) is 14.7. The lowest BCUT2D eigenvalue weighted by atomic mass is 10.1. The fourth-order valence-corrected chi connectivity index (χ4v) is 4.11. The van der Waals surface area contributed by atoms with Crippen LogP contribution in [0.3, 0.4) is 0 Å². The van der Waals surface area contributed by atoms with Gasteiger partial charge in [0.1, 0.15) is 11.5 Å². The van der Waals surface area contributed by atoms with Gasteiger partial charge in [0.15, 0.2) is 11.9 Å². The SMILES string of the molecule is COc1cccc(-c2ccc(N3CCN(C(=O)C(C)Oc4ccc(Cl)cc4Cl)CC3)nn2)c1. The fourth-order valence-electron chi connectivity index (χ4n) is 3.65. The first kappa shape index (κ1) is 23.1. The summed E-state index contributed by atoms with van der Waals surface area (Å²) in [6.45, 7) is 4.18. The van der Waals surface area contributed by atoms with Crippen LogP contribution in [-0.4, -0.2) is 60.4 Å². The van der Waals surface area contributed by atoms with Gasteiger partial charge in [-0.2, -0.15) is 0 Å². The van der Waals surface area contributed by atoms with Gasteiger partial charge in [0.2, 0.25) is 0 Å². The van der Waals surface area contributed by atoms with E-state index in [9.17, 15) is 4.79 Å². The van der Waals surface area contributed by atoms with Crippen LogP contribution in [0, 0.1) is 0 Å². The quantitative estimate of drug-likeness (QED) is 0.508. The minimum Gasteiger partial charge on any atom is -0.497 e. The van der Waals surface area contributed by atoms with E-state index in [4.69, 9.17) is 32.7 Å². The molecular weight excluding hydrogens is 463 g/mol. The van der Waals surface area contributed by atoms with Gasteiger partial charge in [-0.1, -0.05) is 35.3 Å². The molecular formula is C24H24Cl2N4O3. The zero-order valence-electron chi connectivity index (χ0n) is 18.4.